The van der Waals surface area contributed by atoms with Crippen LogP contribution in [0.4, 0.5) is 5.69 Å². The van der Waals surface area contributed by atoms with E-state index in [0.29, 0.717) is 25.1 Å². The summed E-state index contributed by atoms with van der Waals surface area (Å²) in [6.07, 6.45) is 3.13. The minimum Gasteiger partial charge on any atom is -0.284 e. The van der Waals surface area contributed by atoms with Crippen LogP contribution in [0.3, 0.4) is 0 Å². The van der Waals surface area contributed by atoms with Crippen LogP contribution in [0.1, 0.15) is 25.3 Å². The molecule has 0 unspecified atom stereocenters. The smallest absolute Gasteiger partial charge is 0.229 e. The Hall–Kier alpha value is -1.12. The minimum absolute atomic E-state index is 0.152. The van der Waals surface area contributed by atoms with Crippen LogP contribution in [0.25, 0.3) is 0 Å². The molecule has 1 aromatic carbocycles. The van der Waals surface area contributed by atoms with Crippen molar-refractivity contribution in [2.75, 3.05) is 23.3 Å². The topological polar surface area (TPSA) is 92.3 Å². The molecule has 0 aliphatic rings. The van der Waals surface area contributed by atoms with Crippen LogP contribution in [-0.4, -0.2) is 35.4 Å². The average Bonchev–Trinajstić information content (AvgIpc) is 2.34. The summed E-state index contributed by atoms with van der Waals surface area (Å²) >= 11 is 0. The van der Waals surface area contributed by atoms with Crippen LogP contribution in [0, 0.1) is 0 Å². The summed E-state index contributed by atoms with van der Waals surface area (Å²) in [6.45, 7) is 2.23. The van der Waals surface area contributed by atoms with E-state index < -0.39 is 20.0 Å². The second-order valence-corrected chi connectivity index (χ2v) is 8.56. The van der Waals surface area contributed by atoms with E-state index in [0.717, 1.165) is 18.2 Å². The van der Waals surface area contributed by atoms with Crippen LogP contribution in [0.5, 0.6) is 0 Å². The maximum Gasteiger partial charge on any atom is 0.229 e. The van der Waals surface area contributed by atoms with E-state index in [1.165, 1.54) is 0 Å². The van der Waals surface area contributed by atoms with Crippen LogP contribution in [-0.2, 0) is 26.5 Å². The van der Waals surface area contributed by atoms with Crippen LogP contribution in [0.2, 0.25) is 0 Å². The highest BCUT2D eigenvalue weighted by atomic mass is 32.2. The third-order valence-corrected chi connectivity index (χ3v) is 4.89. The Morgan fingerprint density at radius 1 is 1.05 bits per heavy atom. The molecule has 0 heterocycles. The molecule has 1 aromatic rings. The number of benzene rings is 1. The van der Waals surface area contributed by atoms with Gasteiger partial charge in [-0.2, -0.15) is 0 Å². The zero-order valence-corrected chi connectivity index (χ0v) is 13.9. The fourth-order valence-electron chi connectivity index (χ4n) is 1.81. The molecule has 2 N–H and O–H groups in total. The van der Waals surface area contributed by atoms with Crippen molar-refractivity contribution in [2.45, 2.75) is 26.2 Å². The van der Waals surface area contributed by atoms with Gasteiger partial charge in [-0.3, -0.25) is 4.72 Å². The van der Waals surface area contributed by atoms with E-state index in [-0.39, 0.29) is 5.75 Å². The Kier molecular flexibility index (Phi) is 6.63. The molecule has 6 nitrogen and oxygen atoms in total. The van der Waals surface area contributed by atoms with Crippen molar-refractivity contribution in [3.63, 3.8) is 0 Å². The fraction of sp³-hybridized carbons (Fsp3) is 0.538. The Balaban J connectivity index is 2.40. The first-order valence-corrected chi connectivity index (χ1v) is 10.3. The van der Waals surface area contributed by atoms with Gasteiger partial charge in [0.05, 0.1) is 12.0 Å². The standard InChI is InChI=1S/C13H22N2O4S2/c1-3-11-21(18,19)14-10-4-5-12-6-8-13(9-7-12)15-20(2,16)17/h6-9,14-15H,3-5,10-11H2,1-2H3. The first kappa shape index (κ1) is 17.9. The molecule has 0 aromatic heterocycles. The molecule has 8 heteroatoms. The molecule has 120 valence electrons. The molecule has 0 aliphatic carbocycles. The number of rotatable bonds is 9. The molecule has 0 saturated heterocycles. The molecular formula is C13H22N2O4S2. The van der Waals surface area contributed by atoms with Gasteiger partial charge in [0.1, 0.15) is 0 Å². The van der Waals surface area contributed by atoms with Crippen molar-refractivity contribution in [1.29, 1.82) is 0 Å². The lowest BCUT2D eigenvalue weighted by atomic mass is 10.1. The van der Waals surface area contributed by atoms with Gasteiger partial charge >= 0.3 is 0 Å². The Labute approximate surface area is 127 Å². The minimum atomic E-state index is -3.26. The zero-order chi connectivity index (χ0) is 15.9. The monoisotopic (exact) mass is 334 g/mol. The Morgan fingerprint density at radius 3 is 2.19 bits per heavy atom. The van der Waals surface area contributed by atoms with Gasteiger partial charge in [-0.15, -0.1) is 0 Å². The van der Waals surface area contributed by atoms with Gasteiger partial charge in [0.2, 0.25) is 20.0 Å². The molecule has 0 amide bonds. The van der Waals surface area contributed by atoms with E-state index in [9.17, 15) is 16.8 Å². The van der Waals surface area contributed by atoms with E-state index in [2.05, 4.69) is 9.44 Å². The highest BCUT2D eigenvalue weighted by Crippen LogP contribution is 2.12. The summed E-state index contributed by atoms with van der Waals surface area (Å²) in [5, 5.41) is 0. The molecule has 21 heavy (non-hydrogen) atoms. The lowest BCUT2D eigenvalue weighted by molar-refractivity contribution is 0.577. The third-order valence-electron chi connectivity index (χ3n) is 2.69. The molecule has 0 saturated carbocycles. The number of anilines is 1. The van der Waals surface area contributed by atoms with Gasteiger partial charge in [0.25, 0.3) is 0 Å². The van der Waals surface area contributed by atoms with Gasteiger partial charge in [0.15, 0.2) is 0 Å². The summed E-state index contributed by atoms with van der Waals surface area (Å²) in [4.78, 5) is 0. The maximum atomic E-state index is 11.4. The van der Waals surface area contributed by atoms with Crippen molar-refractivity contribution in [3.8, 4) is 0 Å². The lowest BCUT2D eigenvalue weighted by Gasteiger charge is -2.07. The second-order valence-electron chi connectivity index (χ2n) is 4.89. The molecular weight excluding hydrogens is 312 g/mol. The largest absolute Gasteiger partial charge is 0.284 e. The number of hydrogen-bond donors (Lipinski definition) is 2. The van der Waals surface area contributed by atoms with Crippen molar-refractivity contribution in [2.24, 2.45) is 0 Å². The molecule has 0 aliphatic heterocycles. The average molecular weight is 334 g/mol. The number of aryl methyl sites for hydroxylation is 1. The summed E-state index contributed by atoms with van der Waals surface area (Å²) in [6, 6.07) is 7.04. The number of hydrogen-bond acceptors (Lipinski definition) is 4. The first-order valence-electron chi connectivity index (χ1n) is 6.76. The summed E-state index contributed by atoms with van der Waals surface area (Å²) in [5.41, 5.74) is 1.55. The van der Waals surface area contributed by atoms with Crippen LogP contribution >= 0.6 is 0 Å². The summed E-state index contributed by atoms with van der Waals surface area (Å²) in [5.74, 6) is 0.152. The quantitative estimate of drug-likeness (QED) is 0.666. The van der Waals surface area contributed by atoms with Gasteiger partial charge in [-0.1, -0.05) is 19.1 Å². The van der Waals surface area contributed by atoms with Crippen LogP contribution < -0.4 is 9.44 Å². The van der Waals surface area contributed by atoms with Crippen molar-refractivity contribution >= 4 is 25.7 Å². The predicted octanol–water partition coefficient (Wildman–Crippen LogP) is 1.32. The van der Waals surface area contributed by atoms with Crippen molar-refractivity contribution in [1.82, 2.24) is 4.72 Å². The molecule has 1 rings (SSSR count). The molecule has 0 bridgehead atoms. The van der Waals surface area contributed by atoms with Gasteiger partial charge in [-0.25, -0.2) is 21.6 Å². The van der Waals surface area contributed by atoms with Crippen molar-refractivity contribution < 1.29 is 16.8 Å². The highest BCUT2D eigenvalue weighted by Gasteiger charge is 2.07. The van der Waals surface area contributed by atoms with E-state index in [4.69, 9.17) is 0 Å². The fourth-order valence-corrected chi connectivity index (χ4v) is 3.52. The van der Waals surface area contributed by atoms with Crippen LogP contribution in [0.15, 0.2) is 24.3 Å². The second kappa shape index (κ2) is 7.77. The number of sulfonamides is 2. The van der Waals surface area contributed by atoms with E-state index in [1.807, 2.05) is 19.1 Å². The molecule has 0 radical (unpaired) electrons. The maximum absolute atomic E-state index is 11.4. The third kappa shape index (κ3) is 8.03. The summed E-state index contributed by atoms with van der Waals surface area (Å²) < 4.78 is 50.0. The van der Waals surface area contributed by atoms with E-state index >= 15 is 0 Å². The first-order chi connectivity index (χ1) is 9.72. The molecule has 0 spiro atoms. The summed E-state index contributed by atoms with van der Waals surface area (Å²) in [7, 11) is -6.40. The predicted molar refractivity (Wildman–Crippen MR) is 85.3 cm³/mol. The zero-order valence-electron chi connectivity index (χ0n) is 12.3. The van der Waals surface area contributed by atoms with Crippen molar-refractivity contribution in [3.05, 3.63) is 29.8 Å². The Bertz CT molecular complexity index is 637. The number of nitrogens with one attached hydrogen (secondary N) is 2. The normalized spacial score (nSPS) is 12.3. The van der Waals surface area contributed by atoms with Gasteiger partial charge < -0.3 is 0 Å². The Morgan fingerprint density at radius 2 is 1.67 bits per heavy atom. The molecule has 0 fully saturated rings. The van der Waals surface area contributed by atoms with Gasteiger partial charge in [0, 0.05) is 12.2 Å². The lowest BCUT2D eigenvalue weighted by Crippen LogP contribution is -2.27. The molecule has 0 atom stereocenters. The van der Waals surface area contributed by atoms with E-state index in [1.54, 1.807) is 12.1 Å². The SMILES string of the molecule is CCCS(=O)(=O)NCCCc1ccc(NS(C)(=O)=O)cc1. The highest BCUT2D eigenvalue weighted by molar-refractivity contribution is 7.92. The van der Waals surface area contributed by atoms with Gasteiger partial charge in [-0.05, 0) is 37.0 Å².